The largest absolute Gasteiger partial charge is 0.309 e. The van der Waals surface area contributed by atoms with Gasteiger partial charge in [0, 0.05) is 21.9 Å². The van der Waals surface area contributed by atoms with Crippen molar-refractivity contribution in [2.24, 2.45) is 5.41 Å². The van der Waals surface area contributed by atoms with Crippen LogP contribution >= 0.6 is 43.2 Å². The highest BCUT2D eigenvalue weighted by Gasteiger charge is 2.31. The number of thiophene rings is 1. The smallest absolute Gasteiger partial charge is 0.0843 e. The summed E-state index contributed by atoms with van der Waals surface area (Å²) >= 11 is 8.90. The molecular formula is C13H19Br2NS. The molecule has 0 spiro atoms. The van der Waals surface area contributed by atoms with E-state index in [1.54, 1.807) is 0 Å². The Labute approximate surface area is 125 Å². The summed E-state index contributed by atoms with van der Waals surface area (Å²) in [6.45, 7) is 5.77. The second kappa shape index (κ2) is 5.72. The van der Waals surface area contributed by atoms with Crippen molar-refractivity contribution >= 4 is 43.2 Å². The van der Waals surface area contributed by atoms with Crippen molar-refractivity contribution in [1.82, 2.24) is 5.32 Å². The molecular weight excluding hydrogens is 362 g/mol. The summed E-state index contributed by atoms with van der Waals surface area (Å²) in [5.41, 5.74) is 0.448. The van der Waals surface area contributed by atoms with Crippen molar-refractivity contribution in [3.05, 3.63) is 19.2 Å². The zero-order valence-electron chi connectivity index (χ0n) is 10.4. The van der Waals surface area contributed by atoms with Gasteiger partial charge in [0.05, 0.1) is 3.79 Å². The predicted octanol–water partition coefficient (Wildman–Crippen LogP) is 5.33. The molecule has 1 nitrogen and oxygen atoms in total. The summed E-state index contributed by atoms with van der Waals surface area (Å²) in [4.78, 5) is 1.39. The van der Waals surface area contributed by atoms with Gasteiger partial charge in [0.15, 0.2) is 0 Å². The van der Waals surface area contributed by atoms with Crippen molar-refractivity contribution in [1.29, 1.82) is 0 Å². The number of nitrogens with one attached hydrogen (secondary N) is 1. The molecule has 1 fully saturated rings. The van der Waals surface area contributed by atoms with Crippen LogP contribution in [0.3, 0.4) is 0 Å². The maximum Gasteiger partial charge on any atom is 0.0843 e. The minimum Gasteiger partial charge on any atom is -0.309 e. The first kappa shape index (κ1) is 14.0. The first-order valence-corrected chi connectivity index (χ1v) is 8.56. The van der Waals surface area contributed by atoms with Crippen LogP contribution in [0.25, 0.3) is 0 Å². The van der Waals surface area contributed by atoms with Crippen LogP contribution in [0, 0.1) is 5.41 Å². The molecule has 0 radical (unpaired) electrons. The van der Waals surface area contributed by atoms with Gasteiger partial charge in [0.25, 0.3) is 0 Å². The van der Waals surface area contributed by atoms with E-state index in [9.17, 15) is 0 Å². The number of halogens is 2. The molecule has 17 heavy (non-hydrogen) atoms. The quantitative estimate of drug-likeness (QED) is 0.746. The number of rotatable bonds is 3. The molecule has 1 aliphatic carbocycles. The molecule has 1 saturated carbocycles. The average Bonchev–Trinajstić information content (AvgIpc) is 2.56. The summed E-state index contributed by atoms with van der Waals surface area (Å²) in [6, 6.07) is 2.87. The Morgan fingerprint density at radius 1 is 1.41 bits per heavy atom. The van der Waals surface area contributed by atoms with Crippen LogP contribution in [-0.2, 0) is 6.54 Å². The number of hydrogen-bond acceptors (Lipinski definition) is 2. The lowest BCUT2D eigenvalue weighted by Gasteiger charge is -2.39. The van der Waals surface area contributed by atoms with Gasteiger partial charge >= 0.3 is 0 Å². The van der Waals surface area contributed by atoms with Crippen LogP contribution in [-0.4, -0.2) is 6.04 Å². The lowest BCUT2D eigenvalue weighted by atomic mass is 9.73. The Kier molecular flexibility index (Phi) is 4.73. The molecule has 0 aliphatic heterocycles. The molecule has 1 aromatic rings. The standard InChI is InChI=1S/C13H19Br2NS/c1-13(2)6-4-3-5-11(13)16-8-9-7-10(14)12(15)17-9/h7,11,16H,3-6,8H2,1-2H3. The molecule has 1 aromatic heterocycles. The molecule has 1 heterocycles. The monoisotopic (exact) mass is 379 g/mol. The minimum absolute atomic E-state index is 0.448. The second-order valence-electron chi connectivity index (χ2n) is 5.50. The maximum atomic E-state index is 3.74. The molecule has 2 rings (SSSR count). The first-order chi connectivity index (χ1) is 7.99. The van der Waals surface area contributed by atoms with Crippen LogP contribution in [0.4, 0.5) is 0 Å². The Hall–Kier alpha value is 0.620. The summed E-state index contributed by atoms with van der Waals surface area (Å²) in [7, 11) is 0. The fourth-order valence-electron chi connectivity index (χ4n) is 2.57. The van der Waals surface area contributed by atoms with Crippen molar-refractivity contribution in [2.45, 2.75) is 52.1 Å². The molecule has 1 N–H and O–H groups in total. The summed E-state index contributed by atoms with van der Waals surface area (Å²) < 4.78 is 2.36. The highest BCUT2D eigenvalue weighted by Crippen LogP contribution is 2.36. The van der Waals surface area contributed by atoms with Gasteiger partial charge in [-0.05, 0) is 56.2 Å². The number of hydrogen-bond donors (Lipinski definition) is 1. The van der Waals surface area contributed by atoms with E-state index in [2.05, 4.69) is 57.1 Å². The molecule has 96 valence electrons. The third kappa shape index (κ3) is 3.55. The summed E-state index contributed by atoms with van der Waals surface area (Å²) in [5.74, 6) is 0. The van der Waals surface area contributed by atoms with E-state index in [0.717, 1.165) is 6.54 Å². The Balaban J connectivity index is 1.93. The Morgan fingerprint density at radius 2 is 2.18 bits per heavy atom. The van der Waals surface area contributed by atoms with Crippen LogP contribution in [0.2, 0.25) is 0 Å². The molecule has 4 heteroatoms. The molecule has 1 atom stereocenters. The van der Waals surface area contributed by atoms with Gasteiger partial charge in [-0.3, -0.25) is 0 Å². The lowest BCUT2D eigenvalue weighted by Crippen LogP contribution is -2.43. The van der Waals surface area contributed by atoms with Gasteiger partial charge in [-0.25, -0.2) is 0 Å². The van der Waals surface area contributed by atoms with E-state index in [1.807, 2.05) is 11.3 Å². The van der Waals surface area contributed by atoms with Crippen molar-refractivity contribution in [3.8, 4) is 0 Å². The van der Waals surface area contributed by atoms with E-state index < -0.39 is 0 Å². The third-order valence-corrected chi connectivity index (χ3v) is 6.98. The molecule has 0 bridgehead atoms. The molecule has 0 amide bonds. The van der Waals surface area contributed by atoms with E-state index in [1.165, 1.54) is 38.8 Å². The van der Waals surface area contributed by atoms with Gasteiger partial charge in [0.2, 0.25) is 0 Å². The van der Waals surface area contributed by atoms with Crippen LogP contribution in [0.1, 0.15) is 44.4 Å². The summed E-state index contributed by atoms with van der Waals surface area (Å²) in [5, 5.41) is 3.74. The van der Waals surface area contributed by atoms with Crippen LogP contribution in [0.5, 0.6) is 0 Å². The van der Waals surface area contributed by atoms with E-state index in [4.69, 9.17) is 0 Å². The summed E-state index contributed by atoms with van der Waals surface area (Å²) in [6.07, 6.45) is 5.43. The molecule has 1 aliphatic rings. The van der Waals surface area contributed by atoms with Gasteiger partial charge in [-0.15, -0.1) is 11.3 Å². The fourth-order valence-corrected chi connectivity index (χ4v) is 4.70. The molecule has 1 unspecified atom stereocenters. The van der Waals surface area contributed by atoms with Crippen molar-refractivity contribution < 1.29 is 0 Å². The normalized spacial score (nSPS) is 23.9. The van der Waals surface area contributed by atoms with Gasteiger partial charge < -0.3 is 5.32 Å². The third-order valence-electron chi connectivity index (χ3n) is 3.73. The zero-order chi connectivity index (χ0) is 12.5. The zero-order valence-corrected chi connectivity index (χ0v) is 14.3. The van der Waals surface area contributed by atoms with E-state index in [-0.39, 0.29) is 0 Å². The lowest BCUT2D eigenvalue weighted by molar-refractivity contribution is 0.167. The van der Waals surface area contributed by atoms with Gasteiger partial charge in [0.1, 0.15) is 0 Å². The topological polar surface area (TPSA) is 12.0 Å². The van der Waals surface area contributed by atoms with Gasteiger partial charge in [-0.2, -0.15) is 0 Å². The second-order valence-corrected chi connectivity index (χ2v) is 8.81. The Bertz CT molecular complexity index is 367. The first-order valence-electron chi connectivity index (χ1n) is 6.16. The van der Waals surface area contributed by atoms with Crippen molar-refractivity contribution in [2.75, 3.05) is 0 Å². The molecule has 0 aromatic carbocycles. The van der Waals surface area contributed by atoms with Crippen molar-refractivity contribution in [3.63, 3.8) is 0 Å². The van der Waals surface area contributed by atoms with Crippen LogP contribution in [0.15, 0.2) is 14.3 Å². The minimum atomic E-state index is 0.448. The molecule has 0 saturated heterocycles. The maximum absolute atomic E-state index is 3.74. The SMILES string of the molecule is CC1(C)CCCCC1NCc1cc(Br)c(Br)s1. The highest BCUT2D eigenvalue weighted by molar-refractivity contribution is 9.13. The van der Waals surface area contributed by atoms with E-state index in [0.29, 0.717) is 11.5 Å². The van der Waals surface area contributed by atoms with Crippen LogP contribution < -0.4 is 5.32 Å². The predicted molar refractivity (Wildman–Crippen MR) is 82.6 cm³/mol. The fraction of sp³-hybridized carbons (Fsp3) is 0.692. The Morgan fingerprint density at radius 3 is 2.76 bits per heavy atom. The highest BCUT2D eigenvalue weighted by atomic mass is 79.9. The average molecular weight is 381 g/mol. The van der Waals surface area contributed by atoms with Gasteiger partial charge in [-0.1, -0.05) is 26.7 Å². The van der Waals surface area contributed by atoms with E-state index >= 15 is 0 Å².